The highest BCUT2D eigenvalue weighted by Gasteiger charge is 2.29. The largest absolute Gasteiger partial charge is 0.444 e. The van der Waals surface area contributed by atoms with Crippen molar-refractivity contribution in [3.05, 3.63) is 62.8 Å². The summed E-state index contributed by atoms with van der Waals surface area (Å²) in [7, 11) is 1.53. The molecule has 0 radical (unpaired) electrons. The lowest BCUT2D eigenvalue weighted by molar-refractivity contribution is 0.0499. The summed E-state index contributed by atoms with van der Waals surface area (Å²) in [4.78, 5) is 59.2. The van der Waals surface area contributed by atoms with Crippen molar-refractivity contribution in [3.8, 4) is 0 Å². The van der Waals surface area contributed by atoms with Crippen molar-refractivity contribution < 1.29 is 14.3 Å². The summed E-state index contributed by atoms with van der Waals surface area (Å²) in [6.07, 6.45) is 4.80. The SMILES string of the molecule is C/C=C/Cn1c(N2CCC[C@@H](NC(=O)OC(C)(C)C)C2)nc2c1c(=O)n(CC(=O)c1ccccc1N)c(=O)n2C. The van der Waals surface area contributed by atoms with E-state index in [1.54, 1.807) is 28.8 Å². The van der Waals surface area contributed by atoms with E-state index in [-0.39, 0.29) is 28.5 Å². The second kappa shape index (κ2) is 11.4. The Morgan fingerprint density at radius 2 is 1.93 bits per heavy atom. The highest BCUT2D eigenvalue weighted by Crippen LogP contribution is 2.24. The van der Waals surface area contributed by atoms with Crippen LogP contribution in [0.15, 0.2) is 46.0 Å². The van der Waals surface area contributed by atoms with Gasteiger partial charge in [0.1, 0.15) is 5.60 Å². The molecule has 3 N–H and O–H groups in total. The highest BCUT2D eigenvalue weighted by atomic mass is 16.6. The Hall–Kier alpha value is -4.35. The van der Waals surface area contributed by atoms with Crippen molar-refractivity contribution in [2.24, 2.45) is 7.05 Å². The second-order valence-corrected chi connectivity index (χ2v) is 10.9. The highest BCUT2D eigenvalue weighted by molar-refractivity contribution is 6.00. The van der Waals surface area contributed by atoms with Gasteiger partial charge in [-0.3, -0.25) is 18.7 Å². The van der Waals surface area contributed by atoms with Crippen LogP contribution in [0.3, 0.4) is 0 Å². The lowest BCUT2D eigenvalue weighted by Gasteiger charge is -2.34. The monoisotopic (exact) mass is 551 g/mol. The maximum Gasteiger partial charge on any atom is 0.407 e. The molecular formula is C28H37N7O5. The summed E-state index contributed by atoms with van der Waals surface area (Å²) >= 11 is 0. The quantitative estimate of drug-likeness (QED) is 0.259. The van der Waals surface area contributed by atoms with Crippen LogP contribution in [-0.4, -0.2) is 55.3 Å². The molecule has 40 heavy (non-hydrogen) atoms. The topological polar surface area (TPSA) is 146 Å². The molecule has 4 rings (SSSR count). The van der Waals surface area contributed by atoms with Crippen molar-refractivity contribution in [2.45, 2.75) is 65.3 Å². The third kappa shape index (κ3) is 5.95. The van der Waals surface area contributed by atoms with Gasteiger partial charge in [0, 0.05) is 44.0 Å². The van der Waals surface area contributed by atoms with E-state index in [0.29, 0.717) is 25.6 Å². The number of fused-ring (bicyclic) bond motifs is 1. The van der Waals surface area contributed by atoms with E-state index in [1.165, 1.54) is 11.6 Å². The van der Waals surface area contributed by atoms with Gasteiger partial charge in [-0.15, -0.1) is 0 Å². The third-order valence-electron chi connectivity index (χ3n) is 6.72. The molecule has 0 spiro atoms. The first-order chi connectivity index (χ1) is 18.9. The van der Waals surface area contributed by atoms with Crippen molar-refractivity contribution in [3.63, 3.8) is 0 Å². The third-order valence-corrected chi connectivity index (χ3v) is 6.72. The lowest BCUT2D eigenvalue weighted by Crippen LogP contribution is -2.49. The Labute approximate surface area is 232 Å². The summed E-state index contributed by atoms with van der Waals surface area (Å²) in [5.74, 6) is 0.0655. The number of ether oxygens (including phenoxy) is 1. The van der Waals surface area contributed by atoms with Crippen LogP contribution >= 0.6 is 0 Å². The van der Waals surface area contributed by atoms with Gasteiger partial charge in [-0.05, 0) is 52.7 Å². The Bertz CT molecular complexity index is 1570. The predicted molar refractivity (Wildman–Crippen MR) is 154 cm³/mol. The van der Waals surface area contributed by atoms with Crippen molar-refractivity contribution in [2.75, 3.05) is 23.7 Å². The number of nitrogen functional groups attached to an aromatic ring is 1. The Morgan fingerprint density at radius 3 is 2.60 bits per heavy atom. The number of para-hydroxylation sites is 1. The molecule has 1 fully saturated rings. The number of piperidine rings is 1. The number of rotatable bonds is 7. The number of carbonyl (C=O) groups is 2. The van der Waals surface area contributed by atoms with Gasteiger partial charge < -0.3 is 25.3 Å². The number of anilines is 2. The van der Waals surface area contributed by atoms with E-state index >= 15 is 0 Å². The van der Waals surface area contributed by atoms with Gasteiger partial charge >= 0.3 is 11.8 Å². The first-order valence-corrected chi connectivity index (χ1v) is 13.3. The number of alkyl carbamates (subject to hydrolysis) is 1. The molecule has 0 saturated carbocycles. The van der Waals surface area contributed by atoms with E-state index in [9.17, 15) is 19.2 Å². The number of hydrogen-bond donors (Lipinski definition) is 2. The molecule has 214 valence electrons. The van der Waals surface area contributed by atoms with Gasteiger partial charge in [0.25, 0.3) is 5.56 Å². The van der Waals surface area contributed by atoms with Crippen LogP contribution in [0.1, 0.15) is 50.9 Å². The number of aromatic nitrogens is 4. The maximum absolute atomic E-state index is 13.8. The molecule has 2 aromatic heterocycles. The summed E-state index contributed by atoms with van der Waals surface area (Å²) in [5, 5.41) is 2.93. The molecule has 1 aliphatic heterocycles. The number of Topliss-reactive ketones (excluding diaryl/α,β-unsaturated/α-hetero) is 1. The first-order valence-electron chi connectivity index (χ1n) is 13.3. The number of nitrogens with one attached hydrogen (secondary N) is 1. The van der Waals surface area contributed by atoms with Crippen LogP contribution in [0.25, 0.3) is 11.2 Å². The van der Waals surface area contributed by atoms with Crippen LogP contribution in [0.5, 0.6) is 0 Å². The fraction of sp³-hybridized carbons (Fsp3) is 0.464. The lowest BCUT2D eigenvalue weighted by atomic mass is 10.1. The zero-order chi connectivity index (χ0) is 29.2. The minimum absolute atomic E-state index is 0.187. The molecule has 1 saturated heterocycles. The van der Waals surface area contributed by atoms with Crippen LogP contribution in [0.4, 0.5) is 16.4 Å². The van der Waals surface area contributed by atoms with E-state index in [4.69, 9.17) is 15.5 Å². The number of ketones is 1. The van der Waals surface area contributed by atoms with E-state index in [1.807, 2.05) is 44.7 Å². The zero-order valence-electron chi connectivity index (χ0n) is 23.6. The summed E-state index contributed by atoms with van der Waals surface area (Å²) in [6.45, 7) is 8.28. The fourth-order valence-electron chi connectivity index (χ4n) is 4.86. The van der Waals surface area contributed by atoms with Crippen LogP contribution < -0.4 is 27.2 Å². The smallest absolute Gasteiger partial charge is 0.407 e. The number of aryl methyl sites for hydroxylation is 1. The van der Waals surface area contributed by atoms with Crippen LogP contribution in [0, 0.1) is 0 Å². The van der Waals surface area contributed by atoms with Gasteiger partial charge in [0.2, 0.25) is 5.95 Å². The van der Waals surface area contributed by atoms with Gasteiger partial charge in [-0.2, -0.15) is 4.98 Å². The Balaban J connectivity index is 1.74. The van der Waals surface area contributed by atoms with Crippen LogP contribution in [-0.2, 0) is 24.9 Å². The number of nitrogens with two attached hydrogens (primary N) is 1. The van der Waals surface area contributed by atoms with E-state index < -0.39 is 35.3 Å². The van der Waals surface area contributed by atoms with Crippen molar-refractivity contribution in [1.82, 2.24) is 24.0 Å². The number of carbonyl (C=O) groups excluding carboxylic acids is 2. The average molecular weight is 552 g/mol. The molecule has 1 atom stereocenters. The Kier molecular flexibility index (Phi) is 8.17. The molecule has 1 aliphatic rings. The zero-order valence-corrected chi connectivity index (χ0v) is 23.6. The van der Waals surface area contributed by atoms with Gasteiger partial charge in [-0.1, -0.05) is 24.3 Å². The summed E-state index contributed by atoms with van der Waals surface area (Å²) in [5.41, 5.74) is 5.05. The predicted octanol–water partition coefficient (Wildman–Crippen LogP) is 2.43. The molecule has 3 heterocycles. The fourth-order valence-corrected chi connectivity index (χ4v) is 4.86. The molecule has 3 aromatic rings. The number of hydrogen-bond acceptors (Lipinski definition) is 8. The summed E-state index contributed by atoms with van der Waals surface area (Å²) in [6, 6.07) is 6.36. The minimum Gasteiger partial charge on any atom is -0.444 e. The molecule has 12 heteroatoms. The number of nitrogens with zero attached hydrogens (tertiary/aromatic N) is 5. The van der Waals surface area contributed by atoms with Gasteiger partial charge in [-0.25, -0.2) is 9.59 Å². The Morgan fingerprint density at radius 1 is 1.20 bits per heavy atom. The summed E-state index contributed by atoms with van der Waals surface area (Å²) < 4.78 is 9.39. The standard InChI is InChI=1S/C28H37N7O5/c1-6-7-15-34-22-23(31-25(34)33-14-10-11-18(16-33)30-26(38)40-28(2,3)4)32(5)27(39)35(24(22)37)17-21(36)19-12-8-9-13-20(19)29/h6-9,12-13,18H,10-11,14-17,29H2,1-5H3,(H,30,38)/b7-6+/t18-/m1/s1. The number of benzene rings is 1. The maximum atomic E-state index is 13.8. The molecule has 1 amide bonds. The number of amides is 1. The van der Waals surface area contributed by atoms with Crippen molar-refractivity contribution in [1.29, 1.82) is 0 Å². The van der Waals surface area contributed by atoms with Gasteiger partial charge in [0.15, 0.2) is 16.9 Å². The number of allylic oxidation sites excluding steroid dienone is 2. The van der Waals surface area contributed by atoms with Gasteiger partial charge in [0.05, 0.1) is 6.54 Å². The van der Waals surface area contributed by atoms with Crippen LogP contribution in [0.2, 0.25) is 0 Å². The van der Waals surface area contributed by atoms with E-state index in [0.717, 1.165) is 17.4 Å². The minimum atomic E-state index is -0.648. The molecule has 0 unspecified atom stereocenters. The normalized spacial score (nSPS) is 16.0. The number of imidazole rings is 1. The first kappa shape index (κ1) is 28.7. The van der Waals surface area contributed by atoms with E-state index in [2.05, 4.69) is 5.32 Å². The molecule has 12 nitrogen and oxygen atoms in total. The second-order valence-electron chi connectivity index (χ2n) is 10.9. The average Bonchev–Trinajstić information content (AvgIpc) is 3.27. The van der Waals surface area contributed by atoms with Crippen molar-refractivity contribution >= 4 is 34.7 Å². The molecule has 0 bridgehead atoms. The molecule has 0 aliphatic carbocycles. The molecular weight excluding hydrogens is 514 g/mol. The molecule has 1 aromatic carbocycles.